The van der Waals surface area contributed by atoms with Gasteiger partial charge in [0.25, 0.3) is 0 Å². The molecule has 0 aromatic heterocycles. The van der Waals surface area contributed by atoms with E-state index in [4.69, 9.17) is 23.2 Å². The minimum atomic E-state index is 0.750. The van der Waals surface area contributed by atoms with Gasteiger partial charge >= 0.3 is 0 Å². The average Bonchev–Trinajstić information content (AvgIpc) is 2.33. The molecular formula is C16H30Cl2. The first-order valence-electron chi connectivity index (χ1n) is 6.87. The van der Waals surface area contributed by atoms with Gasteiger partial charge in [0.05, 0.1) is 0 Å². The number of hydrogen-bond donors (Lipinski definition) is 0. The quantitative estimate of drug-likeness (QED) is 0.502. The molecular weight excluding hydrogens is 263 g/mol. The lowest BCUT2D eigenvalue weighted by molar-refractivity contribution is 0.424. The van der Waals surface area contributed by atoms with Crippen molar-refractivity contribution in [2.75, 3.05) is 0 Å². The van der Waals surface area contributed by atoms with Crippen molar-refractivity contribution in [2.24, 2.45) is 23.7 Å². The number of allylic oxidation sites excluding steroid dienone is 2. The number of hydrogen-bond acceptors (Lipinski definition) is 0. The third-order valence-electron chi connectivity index (χ3n) is 3.47. The largest absolute Gasteiger partial charge is 0.0933 e. The smallest absolute Gasteiger partial charge is 0.000256 e. The molecule has 0 aliphatic rings. The molecule has 2 unspecified atom stereocenters. The second-order valence-electron chi connectivity index (χ2n) is 5.64. The van der Waals surface area contributed by atoms with Crippen LogP contribution in [0.5, 0.6) is 0 Å². The zero-order chi connectivity index (χ0) is 14.6. The van der Waals surface area contributed by atoms with Crippen LogP contribution in [0.4, 0.5) is 0 Å². The third kappa shape index (κ3) is 14.1. The average molecular weight is 293 g/mol. The maximum Gasteiger partial charge on any atom is 0.000256 e. The molecule has 0 N–H and O–H groups in total. The molecule has 0 saturated heterocycles. The van der Waals surface area contributed by atoms with Crippen LogP contribution in [0.3, 0.4) is 0 Å². The van der Waals surface area contributed by atoms with E-state index in [9.17, 15) is 0 Å². The van der Waals surface area contributed by atoms with Crippen molar-refractivity contribution in [3.8, 4) is 0 Å². The first-order valence-corrected chi connectivity index (χ1v) is 7.74. The topological polar surface area (TPSA) is 0 Å². The van der Waals surface area contributed by atoms with E-state index in [1.165, 1.54) is 0 Å². The monoisotopic (exact) mass is 292 g/mol. The predicted octanol–water partition coefficient (Wildman–Crippen LogP) is 6.84. The van der Waals surface area contributed by atoms with Crippen molar-refractivity contribution in [3.63, 3.8) is 0 Å². The van der Waals surface area contributed by atoms with Crippen molar-refractivity contribution in [3.05, 3.63) is 23.2 Å². The van der Waals surface area contributed by atoms with Gasteiger partial charge < -0.3 is 0 Å². The van der Waals surface area contributed by atoms with Crippen LogP contribution < -0.4 is 0 Å². The second kappa shape index (κ2) is 13.5. The number of halogens is 2. The van der Waals surface area contributed by atoms with Gasteiger partial charge in [0.2, 0.25) is 0 Å². The Labute approximate surface area is 124 Å². The summed E-state index contributed by atoms with van der Waals surface area (Å²) in [6.07, 6.45) is 6.21. The Hall–Kier alpha value is 0.0600. The van der Waals surface area contributed by atoms with Gasteiger partial charge in [-0.15, -0.1) is 0 Å². The molecule has 0 spiro atoms. The van der Waals surface area contributed by atoms with Crippen molar-refractivity contribution in [2.45, 2.75) is 54.4 Å². The molecule has 0 nitrogen and oxygen atoms in total. The Bertz CT molecular complexity index is 193. The summed E-state index contributed by atoms with van der Waals surface area (Å²) in [5.41, 5.74) is 3.19. The van der Waals surface area contributed by atoms with Gasteiger partial charge in [0, 0.05) is 11.1 Å². The molecule has 2 atom stereocenters. The zero-order valence-electron chi connectivity index (χ0n) is 12.8. The van der Waals surface area contributed by atoms with E-state index in [-0.39, 0.29) is 0 Å². The molecule has 0 amide bonds. The van der Waals surface area contributed by atoms with Crippen LogP contribution in [-0.2, 0) is 0 Å². The van der Waals surface area contributed by atoms with E-state index < -0.39 is 0 Å². The fourth-order valence-corrected chi connectivity index (χ4v) is 1.28. The van der Waals surface area contributed by atoms with Crippen molar-refractivity contribution in [1.29, 1.82) is 0 Å². The standard InChI is InChI=1S/2C8H15Cl/c2*1-7(2)8(3)5-4-6-9/h2*4,6-8H,5H2,1-3H3/b2*6-4+. The lowest BCUT2D eigenvalue weighted by Gasteiger charge is -2.11. The van der Waals surface area contributed by atoms with E-state index in [1.807, 2.05) is 12.2 Å². The van der Waals surface area contributed by atoms with Crippen LogP contribution in [0.15, 0.2) is 23.2 Å². The fourth-order valence-electron chi connectivity index (χ4n) is 1.08. The maximum atomic E-state index is 5.37. The van der Waals surface area contributed by atoms with Gasteiger partial charge in [-0.2, -0.15) is 0 Å². The number of rotatable bonds is 6. The Morgan fingerprint density at radius 1 is 0.667 bits per heavy atom. The summed E-state index contributed by atoms with van der Waals surface area (Å²) >= 11 is 10.7. The summed E-state index contributed by atoms with van der Waals surface area (Å²) in [6.45, 7) is 13.4. The van der Waals surface area contributed by atoms with E-state index in [0.29, 0.717) is 0 Å². The fraction of sp³-hybridized carbons (Fsp3) is 0.750. The lowest BCUT2D eigenvalue weighted by Crippen LogP contribution is -2.01. The second-order valence-corrected chi connectivity index (χ2v) is 6.14. The molecule has 0 aliphatic carbocycles. The third-order valence-corrected chi connectivity index (χ3v) is 3.83. The summed E-state index contributed by atoms with van der Waals surface area (Å²) in [7, 11) is 0. The molecule has 0 fully saturated rings. The van der Waals surface area contributed by atoms with Crippen molar-refractivity contribution in [1.82, 2.24) is 0 Å². The van der Waals surface area contributed by atoms with Gasteiger partial charge in [-0.1, -0.05) is 76.9 Å². The summed E-state index contributed by atoms with van der Waals surface area (Å²) in [4.78, 5) is 0. The minimum absolute atomic E-state index is 0.750. The summed E-state index contributed by atoms with van der Waals surface area (Å²) < 4.78 is 0. The highest BCUT2D eigenvalue weighted by Gasteiger charge is 2.03. The molecule has 0 aliphatic heterocycles. The van der Waals surface area contributed by atoms with E-state index in [0.717, 1.165) is 36.5 Å². The summed E-state index contributed by atoms with van der Waals surface area (Å²) in [5, 5.41) is 0. The van der Waals surface area contributed by atoms with Crippen LogP contribution in [-0.4, -0.2) is 0 Å². The summed E-state index contributed by atoms with van der Waals surface area (Å²) in [5.74, 6) is 3.02. The Kier molecular flexibility index (Phi) is 15.3. The lowest BCUT2D eigenvalue weighted by atomic mass is 9.95. The summed E-state index contributed by atoms with van der Waals surface area (Å²) in [6, 6.07) is 0. The molecule has 0 heterocycles. The zero-order valence-corrected chi connectivity index (χ0v) is 14.3. The molecule has 0 saturated carbocycles. The Morgan fingerprint density at radius 2 is 0.944 bits per heavy atom. The highest BCUT2D eigenvalue weighted by Crippen LogP contribution is 2.14. The molecule has 18 heavy (non-hydrogen) atoms. The highest BCUT2D eigenvalue weighted by molar-refractivity contribution is 6.25. The van der Waals surface area contributed by atoms with Gasteiger partial charge in [-0.3, -0.25) is 0 Å². The van der Waals surface area contributed by atoms with Crippen LogP contribution in [0.2, 0.25) is 0 Å². The van der Waals surface area contributed by atoms with Gasteiger partial charge in [-0.25, -0.2) is 0 Å². The van der Waals surface area contributed by atoms with Crippen LogP contribution in [0.1, 0.15) is 54.4 Å². The minimum Gasteiger partial charge on any atom is -0.0933 e. The van der Waals surface area contributed by atoms with Crippen LogP contribution in [0, 0.1) is 23.7 Å². The van der Waals surface area contributed by atoms with Gasteiger partial charge in [-0.05, 0) is 36.5 Å². The van der Waals surface area contributed by atoms with E-state index >= 15 is 0 Å². The Morgan fingerprint density at radius 3 is 1.11 bits per heavy atom. The molecule has 0 aromatic carbocycles. The molecule has 0 bridgehead atoms. The van der Waals surface area contributed by atoms with Crippen molar-refractivity contribution >= 4 is 23.2 Å². The molecule has 2 heteroatoms. The van der Waals surface area contributed by atoms with Crippen LogP contribution >= 0.6 is 23.2 Å². The van der Waals surface area contributed by atoms with Gasteiger partial charge in [0.1, 0.15) is 0 Å². The van der Waals surface area contributed by atoms with E-state index in [2.05, 4.69) is 41.5 Å². The first-order chi connectivity index (χ1) is 8.36. The van der Waals surface area contributed by atoms with Crippen LogP contribution in [0.25, 0.3) is 0 Å². The maximum absolute atomic E-state index is 5.37. The highest BCUT2D eigenvalue weighted by atomic mass is 35.5. The normalized spacial score (nSPS) is 15.2. The first kappa shape index (κ1) is 20.4. The molecule has 108 valence electrons. The van der Waals surface area contributed by atoms with Gasteiger partial charge in [0.15, 0.2) is 0 Å². The SMILES string of the molecule is CC(C)C(C)C/C=C/Cl.CC(C)C(C)C/C=C/Cl. The molecule has 0 rings (SSSR count). The Balaban J connectivity index is 0. The van der Waals surface area contributed by atoms with Crippen molar-refractivity contribution < 1.29 is 0 Å². The van der Waals surface area contributed by atoms with E-state index in [1.54, 1.807) is 11.1 Å². The molecule has 0 radical (unpaired) electrons. The molecule has 0 aromatic rings. The predicted molar refractivity (Wildman–Crippen MR) is 87.2 cm³/mol.